The first-order valence-electron chi connectivity index (χ1n) is 6.95. The maximum absolute atomic E-state index is 12.4. The third-order valence-corrected chi connectivity index (χ3v) is 3.04. The number of nitrogens with zero attached hydrogens (tertiary/aromatic N) is 1. The van der Waals surface area contributed by atoms with Crippen LogP contribution in [-0.4, -0.2) is 16.7 Å². The number of hydrogen-bond acceptors (Lipinski definition) is 3. The highest BCUT2D eigenvalue weighted by atomic mass is 16.3. The maximum atomic E-state index is 12.4. The minimum Gasteiger partial charge on any atom is -0.512 e. The number of hydrogen-bond donors (Lipinski definition) is 2. The average molecular weight is 294 g/mol. The van der Waals surface area contributed by atoms with E-state index >= 15 is 0 Å². The zero-order valence-electron chi connectivity index (χ0n) is 12.6. The van der Waals surface area contributed by atoms with Crippen molar-refractivity contribution in [3.63, 3.8) is 0 Å². The molecule has 2 rings (SSSR count). The van der Waals surface area contributed by atoms with E-state index in [-0.39, 0.29) is 17.2 Å². The maximum Gasteiger partial charge on any atom is 0.260 e. The van der Waals surface area contributed by atoms with Crippen LogP contribution in [-0.2, 0) is 4.79 Å². The molecule has 22 heavy (non-hydrogen) atoms. The van der Waals surface area contributed by atoms with Crippen LogP contribution < -0.4 is 5.32 Å². The van der Waals surface area contributed by atoms with E-state index in [0.717, 1.165) is 5.69 Å². The second-order valence-electron chi connectivity index (χ2n) is 4.81. The third-order valence-electron chi connectivity index (χ3n) is 3.04. The van der Waals surface area contributed by atoms with Crippen LogP contribution in [0.15, 0.2) is 77.0 Å². The van der Waals surface area contributed by atoms with Gasteiger partial charge in [-0.05, 0) is 38.1 Å². The summed E-state index contributed by atoms with van der Waals surface area (Å²) >= 11 is 0. The van der Waals surface area contributed by atoms with E-state index in [1.165, 1.54) is 6.92 Å². The summed E-state index contributed by atoms with van der Waals surface area (Å²) in [7, 11) is 0. The van der Waals surface area contributed by atoms with E-state index in [1.54, 1.807) is 19.1 Å². The van der Waals surface area contributed by atoms with Crippen molar-refractivity contribution in [1.29, 1.82) is 0 Å². The third kappa shape index (κ3) is 4.06. The number of aliphatic imine (C=N–C) groups is 1. The lowest BCUT2D eigenvalue weighted by molar-refractivity contribution is -0.112. The Hall–Kier alpha value is -2.88. The Morgan fingerprint density at radius 3 is 2.05 bits per heavy atom. The molecule has 1 amide bonds. The van der Waals surface area contributed by atoms with Crippen molar-refractivity contribution in [2.75, 3.05) is 5.32 Å². The number of allylic oxidation sites excluding steroid dienone is 1. The van der Waals surface area contributed by atoms with Gasteiger partial charge in [-0.15, -0.1) is 0 Å². The smallest absolute Gasteiger partial charge is 0.260 e. The first-order valence-corrected chi connectivity index (χ1v) is 6.95. The number of para-hydroxylation sites is 2. The van der Waals surface area contributed by atoms with Gasteiger partial charge in [-0.1, -0.05) is 36.4 Å². The van der Waals surface area contributed by atoms with Crippen LogP contribution >= 0.6 is 0 Å². The molecule has 0 aliphatic heterocycles. The van der Waals surface area contributed by atoms with Gasteiger partial charge < -0.3 is 10.4 Å². The van der Waals surface area contributed by atoms with Gasteiger partial charge in [-0.3, -0.25) is 9.79 Å². The van der Waals surface area contributed by atoms with Crippen molar-refractivity contribution in [3.8, 4) is 0 Å². The molecule has 0 spiro atoms. The molecule has 4 heteroatoms. The minimum absolute atomic E-state index is 0.0642. The van der Waals surface area contributed by atoms with E-state index in [9.17, 15) is 9.90 Å². The molecule has 2 N–H and O–H groups in total. The Kier molecular flexibility index (Phi) is 5.09. The van der Waals surface area contributed by atoms with E-state index in [1.807, 2.05) is 48.5 Å². The average Bonchev–Trinajstić information content (AvgIpc) is 2.48. The van der Waals surface area contributed by atoms with Crippen molar-refractivity contribution in [2.24, 2.45) is 4.99 Å². The Bertz CT molecular complexity index is 700. The molecule has 0 aliphatic rings. The number of carbonyl (C=O) groups is 1. The van der Waals surface area contributed by atoms with E-state index in [0.29, 0.717) is 11.4 Å². The molecule has 2 aromatic carbocycles. The van der Waals surface area contributed by atoms with E-state index in [4.69, 9.17) is 0 Å². The fraction of sp³-hybridized carbons (Fsp3) is 0.111. The van der Waals surface area contributed by atoms with Crippen LogP contribution in [0, 0.1) is 0 Å². The van der Waals surface area contributed by atoms with Crippen LogP contribution in [0.5, 0.6) is 0 Å². The zero-order chi connectivity index (χ0) is 15.9. The van der Waals surface area contributed by atoms with Crippen LogP contribution in [0.2, 0.25) is 0 Å². The lowest BCUT2D eigenvalue weighted by Gasteiger charge is -2.10. The normalized spacial score (nSPS) is 12.5. The molecule has 0 aromatic heterocycles. The molecule has 0 saturated heterocycles. The largest absolute Gasteiger partial charge is 0.512 e. The van der Waals surface area contributed by atoms with Gasteiger partial charge in [0.2, 0.25) is 0 Å². The Labute approximate surface area is 129 Å². The van der Waals surface area contributed by atoms with Crippen molar-refractivity contribution < 1.29 is 9.90 Å². The number of anilines is 1. The van der Waals surface area contributed by atoms with Gasteiger partial charge in [-0.2, -0.15) is 0 Å². The summed E-state index contributed by atoms with van der Waals surface area (Å²) in [5.74, 6) is -0.450. The highest BCUT2D eigenvalue weighted by Crippen LogP contribution is 2.16. The first-order chi connectivity index (χ1) is 10.6. The van der Waals surface area contributed by atoms with Crippen molar-refractivity contribution >= 4 is 23.0 Å². The monoisotopic (exact) mass is 294 g/mol. The van der Waals surface area contributed by atoms with Crippen molar-refractivity contribution in [1.82, 2.24) is 0 Å². The topological polar surface area (TPSA) is 61.7 Å². The second kappa shape index (κ2) is 7.22. The highest BCUT2D eigenvalue weighted by Gasteiger charge is 2.16. The molecular weight excluding hydrogens is 276 g/mol. The highest BCUT2D eigenvalue weighted by molar-refractivity contribution is 6.25. The Balaban J connectivity index is 2.26. The van der Waals surface area contributed by atoms with Gasteiger partial charge in [0.15, 0.2) is 0 Å². The summed E-state index contributed by atoms with van der Waals surface area (Å²) in [6.07, 6.45) is 0. The number of rotatable bonds is 4. The van der Waals surface area contributed by atoms with Crippen LogP contribution in [0.3, 0.4) is 0 Å². The molecule has 0 heterocycles. The first kappa shape index (κ1) is 15.5. The van der Waals surface area contributed by atoms with Gasteiger partial charge in [0.05, 0.1) is 17.0 Å². The summed E-state index contributed by atoms with van der Waals surface area (Å²) in [5, 5.41) is 12.6. The quantitative estimate of drug-likeness (QED) is 0.503. The number of nitrogens with one attached hydrogen (secondary N) is 1. The summed E-state index contributed by atoms with van der Waals surface area (Å²) in [4.78, 5) is 16.8. The number of benzene rings is 2. The fourth-order valence-electron chi connectivity index (χ4n) is 2.06. The standard InChI is InChI=1S/C18H18N2O2/c1-13(19-15-9-5-3-6-10-15)17(14(2)21)18(22)20-16-11-7-4-8-12-16/h3-12,21H,1-2H3,(H,20,22). The SMILES string of the molecule is CC(=Nc1ccccc1)C(C(=O)Nc1ccccc1)=C(C)O. The predicted octanol–water partition coefficient (Wildman–Crippen LogP) is 4.25. The van der Waals surface area contributed by atoms with Gasteiger partial charge in [-0.25, -0.2) is 0 Å². The molecule has 2 aromatic rings. The molecular formula is C18H18N2O2. The molecule has 0 unspecified atom stereocenters. The van der Waals surface area contributed by atoms with Gasteiger partial charge in [0, 0.05) is 5.69 Å². The summed E-state index contributed by atoms with van der Waals surface area (Å²) in [6.45, 7) is 3.18. The lowest BCUT2D eigenvalue weighted by atomic mass is 10.1. The number of aliphatic hydroxyl groups excluding tert-OH is 1. The second-order valence-corrected chi connectivity index (χ2v) is 4.81. The predicted molar refractivity (Wildman–Crippen MR) is 89.6 cm³/mol. The fourth-order valence-corrected chi connectivity index (χ4v) is 2.06. The number of amides is 1. The van der Waals surface area contributed by atoms with Crippen molar-refractivity contribution in [3.05, 3.63) is 72.0 Å². The van der Waals surface area contributed by atoms with E-state index in [2.05, 4.69) is 10.3 Å². The molecule has 0 saturated carbocycles. The molecule has 0 bridgehead atoms. The van der Waals surface area contributed by atoms with Crippen LogP contribution in [0.1, 0.15) is 13.8 Å². The van der Waals surface area contributed by atoms with Crippen LogP contribution in [0.4, 0.5) is 11.4 Å². The number of aliphatic hydroxyl groups is 1. The summed E-state index contributed by atoms with van der Waals surface area (Å²) in [5.41, 5.74) is 2.03. The minimum atomic E-state index is -0.386. The van der Waals surface area contributed by atoms with Crippen molar-refractivity contribution in [2.45, 2.75) is 13.8 Å². The molecule has 0 fully saturated rings. The molecule has 0 radical (unpaired) electrons. The lowest BCUT2D eigenvalue weighted by Crippen LogP contribution is -2.20. The van der Waals surface area contributed by atoms with E-state index < -0.39 is 0 Å². The Morgan fingerprint density at radius 1 is 0.955 bits per heavy atom. The molecule has 0 aliphatic carbocycles. The zero-order valence-corrected chi connectivity index (χ0v) is 12.6. The summed E-state index contributed by atoms with van der Waals surface area (Å²) in [6, 6.07) is 18.4. The van der Waals surface area contributed by atoms with Gasteiger partial charge in [0.25, 0.3) is 5.91 Å². The molecule has 4 nitrogen and oxygen atoms in total. The molecule has 0 atom stereocenters. The van der Waals surface area contributed by atoms with Gasteiger partial charge >= 0.3 is 0 Å². The van der Waals surface area contributed by atoms with Gasteiger partial charge in [0.1, 0.15) is 5.76 Å². The number of carbonyl (C=O) groups excluding carboxylic acids is 1. The molecule has 112 valence electrons. The summed E-state index contributed by atoms with van der Waals surface area (Å²) < 4.78 is 0. The Morgan fingerprint density at radius 2 is 1.50 bits per heavy atom. The van der Waals surface area contributed by atoms with Crippen LogP contribution in [0.25, 0.3) is 0 Å².